The van der Waals surface area contributed by atoms with Crippen LogP contribution in [0, 0.1) is 5.82 Å². The largest absolute Gasteiger partial charge is 0.496 e. The number of hydrogen-bond acceptors (Lipinski definition) is 7. The molecule has 0 radical (unpaired) electrons. The van der Waals surface area contributed by atoms with Crippen LogP contribution < -0.4 is 19.8 Å². The number of halogens is 2. The van der Waals surface area contributed by atoms with Crippen LogP contribution in [0.5, 0.6) is 17.2 Å². The highest BCUT2D eigenvalue weighted by atomic mass is 79.9. The first-order chi connectivity index (χ1) is 20.4. The van der Waals surface area contributed by atoms with Crippen LogP contribution in [0.4, 0.5) is 4.39 Å². The summed E-state index contributed by atoms with van der Waals surface area (Å²) in [5.41, 5.74) is 2.18. The lowest BCUT2D eigenvalue weighted by atomic mass is 10.2. The van der Waals surface area contributed by atoms with Gasteiger partial charge in [-0.15, -0.1) is 0 Å². The topological polar surface area (TPSA) is 88.1 Å². The molecule has 0 N–H and O–H groups in total. The predicted octanol–water partition coefficient (Wildman–Crippen LogP) is 7.19. The van der Waals surface area contributed by atoms with E-state index in [0.29, 0.717) is 49.5 Å². The van der Waals surface area contributed by atoms with Crippen molar-refractivity contribution in [2.45, 2.75) is 6.61 Å². The van der Waals surface area contributed by atoms with Gasteiger partial charge in [0.2, 0.25) is 5.82 Å². The Morgan fingerprint density at radius 3 is 2.52 bits per heavy atom. The molecule has 210 valence electrons. The molecule has 0 bridgehead atoms. The van der Waals surface area contributed by atoms with Gasteiger partial charge in [-0.25, -0.2) is 9.37 Å². The molecule has 10 heteroatoms. The zero-order valence-electron chi connectivity index (χ0n) is 22.5. The Morgan fingerprint density at radius 1 is 0.952 bits per heavy atom. The molecule has 0 unspecified atom stereocenters. The number of fused-ring (bicyclic) bond motifs is 2. The van der Waals surface area contributed by atoms with Crippen molar-refractivity contribution in [3.63, 3.8) is 0 Å². The van der Waals surface area contributed by atoms with Crippen molar-refractivity contribution < 1.29 is 23.0 Å². The fraction of sp³-hybridized carbons (Fsp3) is 0.0938. The SMILES string of the molecule is COc1cc(C=Nn2c(-c3cc4c(OC)cccc4o3)nc3ccccc3c2=O)cc(Br)c1OCc1ccc(F)cc1. The van der Waals surface area contributed by atoms with Crippen LogP contribution in [0.3, 0.4) is 0 Å². The minimum absolute atomic E-state index is 0.215. The predicted molar refractivity (Wildman–Crippen MR) is 162 cm³/mol. The summed E-state index contributed by atoms with van der Waals surface area (Å²) in [6.45, 7) is 0.215. The van der Waals surface area contributed by atoms with Crippen LogP contribution in [0.1, 0.15) is 11.1 Å². The number of methoxy groups -OCH3 is 2. The van der Waals surface area contributed by atoms with E-state index in [1.807, 2.05) is 24.3 Å². The maximum atomic E-state index is 13.6. The van der Waals surface area contributed by atoms with Crippen molar-refractivity contribution in [1.29, 1.82) is 0 Å². The second-order valence-electron chi connectivity index (χ2n) is 9.25. The van der Waals surface area contributed by atoms with Crippen LogP contribution in [0.25, 0.3) is 33.5 Å². The van der Waals surface area contributed by atoms with Gasteiger partial charge in [0, 0.05) is 0 Å². The van der Waals surface area contributed by atoms with Crippen LogP contribution in [-0.4, -0.2) is 30.1 Å². The first kappa shape index (κ1) is 27.2. The lowest BCUT2D eigenvalue weighted by Crippen LogP contribution is -2.20. The summed E-state index contributed by atoms with van der Waals surface area (Å²) < 4.78 is 38.2. The second kappa shape index (κ2) is 11.5. The number of nitrogens with zero attached hydrogens (tertiary/aromatic N) is 3. The highest BCUT2D eigenvalue weighted by Crippen LogP contribution is 2.37. The van der Waals surface area contributed by atoms with Gasteiger partial charge in [0.05, 0.1) is 41.2 Å². The zero-order valence-corrected chi connectivity index (χ0v) is 24.1. The molecule has 0 saturated heterocycles. The molecule has 0 atom stereocenters. The van der Waals surface area contributed by atoms with Gasteiger partial charge in [0.1, 0.15) is 23.8 Å². The summed E-state index contributed by atoms with van der Waals surface area (Å²) >= 11 is 3.55. The van der Waals surface area contributed by atoms with Gasteiger partial charge in [-0.3, -0.25) is 4.79 Å². The third kappa shape index (κ3) is 5.24. The Hall–Kier alpha value is -4.96. The number of benzene rings is 4. The first-order valence-corrected chi connectivity index (χ1v) is 13.6. The number of para-hydroxylation sites is 1. The highest BCUT2D eigenvalue weighted by molar-refractivity contribution is 9.10. The molecule has 8 nitrogen and oxygen atoms in total. The van der Waals surface area contributed by atoms with Gasteiger partial charge in [-0.1, -0.05) is 30.3 Å². The molecular weight excluding hydrogens is 605 g/mol. The quantitative estimate of drug-likeness (QED) is 0.166. The van der Waals surface area contributed by atoms with Crippen LogP contribution in [0.15, 0.2) is 104 Å². The fourth-order valence-electron chi connectivity index (χ4n) is 4.53. The number of furan rings is 1. The Kier molecular flexibility index (Phi) is 7.45. The number of rotatable bonds is 8. The van der Waals surface area contributed by atoms with E-state index in [1.165, 1.54) is 30.1 Å². The van der Waals surface area contributed by atoms with Crippen molar-refractivity contribution >= 4 is 44.0 Å². The van der Waals surface area contributed by atoms with Gasteiger partial charge in [-0.05, 0) is 81.7 Å². The van der Waals surface area contributed by atoms with Crippen LogP contribution in [0.2, 0.25) is 0 Å². The lowest BCUT2D eigenvalue weighted by Gasteiger charge is -2.13. The Morgan fingerprint density at radius 2 is 1.74 bits per heavy atom. The number of ether oxygens (including phenoxy) is 3. The molecule has 0 aliphatic heterocycles. The number of aromatic nitrogens is 2. The molecule has 0 aliphatic rings. The van der Waals surface area contributed by atoms with Gasteiger partial charge in [-0.2, -0.15) is 9.78 Å². The zero-order chi connectivity index (χ0) is 29.2. The summed E-state index contributed by atoms with van der Waals surface area (Å²) in [7, 11) is 3.11. The summed E-state index contributed by atoms with van der Waals surface area (Å²) in [5, 5.41) is 5.70. The van der Waals surface area contributed by atoms with Crippen molar-refractivity contribution in [3.8, 4) is 28.8 Å². The minimum atomic E-state index is -0.357. The molecule has 0 amide bonds. The van der Waals surface area contributed by atoms with Crippen molar-refractivity contribution in [1.82, 2.24) is 9.66 Å². The van der Waals surface area contributed by atoms with E-state index >= 15 is 0 Å². The molecule has 2 aromatic heterocycles. The van der Waals surface area contributed by atoms with E-state index in [-0.39, 0.29) is 23.8 Å². The van der Waals surface area contributed by atoms with E-state index in [0.717, 1.165) is 10.9 Å². The fourth-order valence-corrected chi connectivity index (χ4v) is 5.10. The number of hydrogen-bond donors (Lipinski definition) is 0. The summed E-state index contributed by atoms with van der Waals surface area (Å²) in [4.78, 5) is 18.4. The Bertz CT molecular complexity index is 2020. The van der Waals surface area contributed by atoms with Crippen molar-refractivity contribution in [2.24, 2.45) is 5.10 Å². The van der Waals surface area contributed by atoms with E-state index in [9.17, 15) is 9.18 Å². The minimum Gasteiger partial charge on any atom is -0.496 e. The average molecular weight is 628 g/mol. The van der Waals surface area contributed by atoms with E-state index in [2.05, 4.69) is 21.0 Å². The van der Waals surface area contributed by atoms with E-state index < -0.39 is 0 Å². The standard InChI is InChI=1S/C32H23BrFN3O5/c1-39-26-8-5-9-27-23(26)16-29(42-27)31-36-25-7-4-3-6-22(25)32(38)37(31)35-17-20-14-24(33)30(28(15-20)40-2)41-18-19-10-12-21(34)13-11-19/h3-17H,18H2,1-2H3. The molecule has 42 heavy (non-hydrogen) atoms. The molecule has 0 aliphatic carbocycles. The van der Waals surface area contributed by atoms with Crippen molar-refractivity contribution in [2.75, 3.05) is 14.2 Å². The molecule has 0 fully saturated rings. The van der Waals surface area contributed by atoms with Gasteiger partial charge >= 0.3 is 0 Å². The molecule has 0 spiro atoms. The average Bonchev–Trinajstić information content (AvgIpc) is 3.45. The third-order valence-corrected chi connectivity index (χ3v) is 7.18. The summed E-state index contributed by atoms with van der Waals surface area (Å²) in [6, 6.07) is 23.9. The molecule has 4 aromatic carbocycles. The Balaban J connectivity index is 1.40. The van der Waals surface area contributed by atoms with Gasteiger partial charge < -0.3 is 18.6 Å². The van der Waals surface area contributed by atoms with Crippen LogP contribution in [-0.2, 0) is 6.61 Å². The third-order valence-electron chi connectivity index (χ3n) is 6.59. The maximum absolute atomic E-state index is 13.6. The second-order valence-corrected chi connectivity index (χ2v) is 10.1. The normalized spacial score (nSPS) is 11.4. The Labute approximate surface area is 247 Å². The van der Waals surface area contributed by atoms with Gasteiger partial charge in [0.25, 0.3) is 5.56 Å². The summed E-state index contributed by atoms with van der Waals surface area (Å²) in [6.07, 6.45) is 1.53. The van der Waals surface area contributed by atoms with Gasteiger partial charge in [0.15, 0.2) is 17.3 Å². The van der Waals surface area contributed by atoms with Crippen LogP contribution >= 0.6 is 15.9 Å². The smallest absolute Gasteiger partial charge is 0.282 e. The van der Waals surface area contributed by atoms with E-state index in [1.54, 1.807) is 55.6 Å². The molecule has 6 aromatic rings. The monoisotopic (exact) mass is 627 g/mol. The van der Waals surface area contributed by atoms with E-state index in [4.69, 9.17) is 23.6 Å². The lowest BCUT2D eigenvalue weighted by molar-refractivity contribution is 0.282. The molecule has 6 rings (SSSR count). The molecule has 0 saturated carbocycles. The highest BCUT2D eigenvalue weighted by Gasteiger charge is 2.18. The molecule has 2 heterocycles. The molecular formula is C32H23BrFN3O5. The first-order valence-electron chi connectivity index (χ1n) is 12.8. The maximum Gasteiger partial charge on any atom is 0.282 e. The summed E-state index contributed by atoms with van der Waals surface area (Å²) in [5.74, 6) is 1.84. The van der Waals surface area contributed by atoms with Crippen molar-refractivity contribution in [3.05, 3.63) is 117 Å².